The van der Waals surface area contributed by atoms with E-state index in [0.29, 0.717) is 33.4 Å². The van der Waals surface area contributed by atoms with Crippen LogP contribution in [-0.2, 0) is 0 Å². The fourth-order valence-corrected chi connectivity index (χ4v) is 3.05. The average Bonchev–Trinajstić information content (AvgIpc) is 2.54. The smallest absolute Gasteiger partial charge is 0.267 e. The Hall–Kier alpha value is -2.24. The van der Waals surface area contributed by atoms with Gasteiger partial charge in [-0.1, -0.05) is 31.5 Å². The lowest BCUT2D eigenvalue weighted by atomic mass is 10.0. The molecule has 1 atom stereocenters. The van der Waals surface area contributed by atoms with Gasteiger partial charge in [-0.2, -0.15) is 0 Å². The lowest BCUT2D eigenvalue weighted by Gasteiger charge is -2.19. The Morgan fingerprint density at radius 1 is 1.25 bits per heavy atom. The maximum atomic E-state index is 13.1. The Balaban J connectivity index is 2.35. The molecule has 0 spiro atoms. The van der Waals surface area contributed by atoms with Crippen molar-refractivity contribution in [2.45, 2.75) is 26.3 Å². The van der Waals surface area contributed by atoms with Crippen LogP contribution in [0.1, 0.15) is 32.1 Å². The van der Waals surface area contributed by atoms with Crippen molar-refractivity contribution >= 4 is 22.5 Å². The molecule has 0 bridgehead atoms. The minimum atomic E-state index is -0.360. The first-order chi connectivity index (χ1) is 11.5. The third-order valence-corrected chi connectivity index (χ3v) is 4.15. The highest BCUT2D eigenvalue weighted by atomic mass is 35.5. The minimum absolute atomic E-state index is 0.229. The molecule has 5 nitrogen and oxygen atoms in total. The summed E-state index contributed by atoms with van der Waals surface area (Å²) in [6, 6.07) is 8.47. The Bertz CT molecular complexity index is 921. The standard InChI is InChI=1S/C18H19ClN4O/c1-11(2)9-14(20)17-22-15-7-3-6-13(19)16(15)18(24)23(17)12-5-4-8-21-10-12/h3-8,10-11,14H,9,20H2,1-2H3/t14-/m0/s1. The van der Waals surface area contributed by atoms with Crippen molar-refractivity contribution in [2.75, 3.05) is 0 Å². The van der Waals surface area contributed by atoms with Crippen molar-refractivity contribution in [1.82, 2.24) is 14.5 Å². The Morgan fingerprint density at radius 2 is 2.04 bits per heavy atom. The van der Waals surface area contributed by atoms with Crippen LogP contribution >= 0.6 is 11.6 Å². The predicted molar refractivity (Wildman–Crippen MR) is 96.5 cm³/mol. The molecule has 0 amide bonds. The van der Waals surface area contributed by atoms with Crippen molar-refractivity contribution in [1.29, 1.82) is 0 Å². The third-order valence-electron chi connectivity index (χ3n) is 3.83. The van der Waals surface area contributed by atoms with Gasteiger partial charge in [0, 0.05) is 6.20 Å². The molecule has 2 heterocycles. The number of hydrogen-bond acceptors (Lipinski definition) is 4. The van der Waals surface area contributed by atoms with Crippen molar-refractivity contribution in [3.8, 4) is 5.69 Å². The van der Waals surface area contributed by atoms with Gasteiger partial charge in [0.05, 0.1) is 33.9 Å². The van der Waals surface area contributed by atoms with Crippen LogP contribution in [0.2, 0.25) is 5.02 Å². The molecule has 2 aromatic heterocycles. The Morgan fingerprint density at radius 3 is 2.71 bits per heavy atom. The molecule has 3 rings (SSSR count). The highest BCUT2D eigenvalue weighted by molar-refractivity contribution is 6.35. The van der Waals surface area contributed by atoms with Gasteiger partial charge in [0.2, 0.25) is 0 Å². The van der Waals surface area contributed by atoms with E-state index in [0.717, 1.165) is 6.42 Å². The second-order valence-electron chi connectivity index (χ2n) is 6.19. The molecule has 0 fully saturated rings. The van der Waals surface area contributed by atoms with Gasteiger partial charge < -0.3 is 5.73 Å². The van der Waals surface area contributed by atoms with E-state index >= 15 is 0 Å². The summed E-state index contributed by atoms with van der Waals surface area (Å²) in [7, 11) is 0. The number of hydrogen-bond donors (Lipinski definition) is 1. The number of benzene rings is 1. The fourth-order valence-electron chi connectivity index (χ4n) is 2.80. The van der Waals surface area contributed by atoms with Crippen LogP contribution in [-0.4, -0.2) is 14.5 Å². The first-order valence-corrected chi connectivity index (χ1v) is 8.24. The minimum Gasteiger partial charge on any atom is -0.321 e. The Labute approximate surface area is 145 Å². The van der Waals surface area contributed by atoms with Crippen LogP contribution in [0.15, 0.2) is 47.5 Å². The molecular weight excluding hydrogens is 324 g/mol. The molecule has 1 aromatic carbocycles. The van der Waals surface area contributed by atoms with E-state index in [1.807, 2.05) is 6.07 Å². The summed E-state index contributed by atoms with van der Waals surface area (Å²) in [5.74, 6) is 0.908. The van der Waals surface area contributed by atoms with E-state index in [2.05, 4.69) is 23.8 Å². The quantitative estimate of drug-likeness (QED) is 0.787. The Kier molecular flexibility index (Phi) is 4.64. The van der Waals surface area contributed by atoms with E-state index in [-0.39, 0.29) is 11.6 Å². The van der Waals surface area contributed by atoms with Gasteiger partial charge in [-0.25, -0.2) is 4.98 Å². The van der Waals surface area contributed by atoms with Crippen molar-refractivity contribution in [3.63, 3.8) is 0 Å². The van der Waals surface area contributed by atoms with Gasteiger partial charge in [-0.3, -0.25) is 14.3 Å². The number of nitrogens with zero attached hydrogens (tertiary/aromatic N) is 3. The zero-order chi connectivity index (χ0) is 17.3. The largest absolute Gasteiger partial charge is 0.321 e. The maximum Gasteiger partial charge on any atom is 0.267 e. The summed E-state index contributed by atoms with van der Waals surface area (Å²) < 4.78 is 1.52. The molecule has 0 saturated heterocycles. The number of aromatic nitrogens is 3. The number of nitrogens with two attached hydrogens (primary N) is 1. The summed E-state index contributed by atoms with van der Waals surface area (Å²) in [6.07, 6.45) is 4.00. The highest BCUT2D eigenvalue weighted by Crippen LogP contribution is 2.24. The van der Waals surface area contributed by atoms with E-state index in [1.54, 1.807) is 36.7 Å². The van der Waals surface area contributed by atoms with E-state index in [4.69, 9.17) is 17.3 Å². The van der Waals surface area contributed by atoms with Gasteiger partial charge >= 0.3 is 0 Å². The molecule has 0 aliphatic carbocycles. The van der Waals surface area contributed by atoms with Crippen LogP contribution in [0.5, 0.6) is 0 Å². The van der Waals surface area contributed by atoms with Crippen molar-refractivity contribution in [3.05, 3.63) is 63.9 Å². The summed E-state index contributed by atoms with van der Waals surface area (Å²) in [5, 5.41) is 0.773. The zero-order valence-corrected chi connectivity index (χ0v) is 14.4. The molecule has 0 saturated carbocycles. The van der Waals surface area contributed by atoms with E-state index < -0.39 is 0 Å². The number of rotatable bonds is 4. The number of pyridine rings is 1. The zero-order valence-electron chi connectivity index (χ0n) is 13.6. The first-order valence-electron chi connectivity index (χ1n) is 7.86. The molecule has 0 unspecified atom stereocenters. The molecule has 6 heteroatoms. The first kappa shape index (κ1) is 16.6. The van der Waals surface area contributed by atoms with Gasteiger partial charge in [0.1, 0.15) is 5.82 Å². The predicted octanol–water partition coefficient (Wildman–Crippen LogP) is 3.48. The average molecular weight is 343 g/mol. The van der Waals surface area contributed by atoms with Gasteiger partial charge in [0.25, 0.3) is 5.56 Å². The second kappa shape index (κ2) is 6.71. The maximum absolute atomic E-state index is 13.1. The lowest BCUT2D eigenvalue weighted by Crippen LogP contribution is -2.29. The van der Waals surface area contributed by atoms with Crippen LogP contribution in [0, 0.1) is 5.92 Å². The summed E-state index contributed by atoms with van der Waals surface area (Å²) in [4.78, 5) is 21.9. The highest BCUT2D eigenvalue weighted by Gasteiger charge is 2.20. The van der Waals surface area contributed by atoms with Crippen LogP contribution in [0.4, 0.5) is 0 Å². The molecule has 0 radical (unpaired) electrons. The normalized spacial score (nSPS) is 12.7. The molecule has 2 N–H and O–H groups in total. The van der Waals surface area contributed by atoms with E-state index in [9.17, 15) is 4.79 Å². The monoisotopic (exact) mass is 342 g/mol. The van der Waals surface area contributed by atoms with Crippen molar-refractivity contribution < 1.29 is 0 Å². The van der Waals surface area contributed by atoms with Crippen LogP contribution < -0.4 is 11.3 Å². The molecule has 124 valence electrons. The number of halogens is 1. The molecular formula is C18H19ClN4O. The van der Waals surface area contributed by atoms with Gasteiger partial charge in [0.15, 0.2) is 0 Å². The van der Waals surface area contributed by atoms with Crippen molar-refractivity contribution in [2.24, 2.45) is 11.7 Å². The molecule has 24 heavy (non-hydrogen) atoms. The van der Waals surface area contributed by atoms with Gasteiger partial charge in [-0.05, 0) is 36.6 Å². The molecule has 3 aromatic rings. The summed E-state index contributed by atoms with van der Waals surface area (Å²) in [6.45, 7) is 4.18. The topological polar surface area (TPSA) is 73.8 Å². The molecule has 0 aliphatic heterocycles. The third kappa shape index (κ3) is 3.05. The summed E-state index contributed by atoms with van der Waals surface area (Å²) in [5.41, 5.74) is 7.32. The number of fused-ring (bicyclic) bond motifs is 1. The SMILES string of the molecule is CC(C)C[C@H](N)c1nc2cccc(Cl)c2c(=O)n1-c1cccnc1. The fraction of sp³-hybridized carbons (Fsp3) is 0.278. The summed E-state index contributed by atoms with van der Waals surface area (Å²) >= 11 is 6.24. The second-order valence-corrected chi connectivity index (χ2v) is 6.60. The van der Waals surface area contributed by atoms with Crippen LogP contribution in [0.3, 0.4) is 0 Å². The van der Waals surface area contributed by atoms with Crippen LogP contribution in [0.25, 0.3) is 16.6 Å². The van der Waals surface area contributed by atoms with E-state index in [1.165, 1.54) is 4.57 Å². The van der Waals surface area contributed by atoms with Gasteiger partial charge in [-0.15, -0.1) is 0 Å². The molecule has 0 aliphatic rings. The lowest BCUT2D eigenvalue weighted by molar-refractivity contribution is 0.485.